The highest BCUT2D eigenvalue weighted by Crippen LogP contribution is 2.26. The lowest BCUT2D eigenvalue weighted by Gasteiger charge is -2.30. The first-order chi connectivity index (χ1) is 7.75. The molecule has 0 bridgehead atoms. The smallest absolute Gasteiger partial charge is 0.220 e. The maximum absolute atomic E-state index is 11.8. The molecule has 0 aromatic rings. The first-order valence-corrected chi connectivity index (χ1v) is 6.76. The average molecular weight is 224 g/mol. The van der Waals surface area contributed by atoms with E-state index in [9.17, 15) is 4.79 Å². The fourth-order valence-electron chi connectivity index (χ4n) is 2.82. The molecule has 3 nitrogen and oxygen atoms in total. The third kappa shape index (κ3) is 3.21. The SMILES string of the molecule is C[C@H](NC(=O)CC1CNC1)C1CCCCC1. The van der Waals surface area contributed by atoms with Crippen LogP contribution < -0.4 is 10.6 Å². The van der Waals surface area contributed by atoms with Gasteiger partial charge in [0.05, 0.1) is 0 Å². The Hall–Kier alpha value is -0.570. The largest absolute Gasteiger partial charge is 0.353 e. The van der Waals surface area contributed by atoms with Crippen LogP contribution >= 0.6 is 0 Å². The molecule has 1 amide bonds. The summed E-state index contributed by atoms with van der Waals surface area (Å²) >= 11 is 0. The molecule has 1 aliphatic carbocycles. The van der Waals surface area contributed by atoms with Gasteiger partial charge in [0.2, 0.25) is 5.91 Å². The van der Waals surface area contributed by atoms with Crippen molar-refractivity contribution in [3.63, 3.8) is 0 Å². The zero-order valence-corrected chi connectivity index (χ0v) is 10.3. The van der Waals surface area contributed by atoms with Gasteiger partial charge in [0.15, 0.2) is 0 Å². The van der Waals surface area contributed by atoms with Crippen LogP contribution in [0.4, 0.5) is 0 Å². The molecule has 0 unspecified atom stereocenters. The molecule has 1 saturated heterocycles. The number of carbonyl (C=O) groups is 1. The minimum Gasteiger partial charge on any atom is -0.353 e. The molecule has 0 spiro atoms. The molecule has 1 aliphatic heterocycles. The Morgan fingerprint density at radius 3 is 2.56 bits per heavy atom. The highest BCUT2D eigenvalue weighted by molar-refractivity contribution is 5.76. The number of rotatable bonds is 4. The van der Waals surface area contributed by atoms with Gasteiger partial charge in [-0.25, -0.2) is 0 Å². The Morgan fingerprint density at radius 2 is 2.00 bits per heavy atom. The van der Waals surface area contributed by atoms with Crippen LogP contribution in [0, 0.1) is 11.8 Å². The molecule has 3 heteroatoms. The van der Waals surface area contributed by atoms with E-state index >= 15 is 0 Å². The van der Waals surface area contributed by atoms with Crippen molar-refractivity contribution in [2.45, 2.75) is 51.5 Å². The van der Waals surface area contributed by atoms with Crippen LogP contribution in [0.25, 0.3) is 0 Å². The second-order valence-corrected chi connectivity index (χ2v) is 5.48. The lowest BCUT2D eigenvalue weighted by atomic mass is 9.84. The Labute approximate surface area is 98.4 Å². The van der Waals surface area contributed by atoms with Crippen molar-refractivity contribution >= 4 is 5.91 Å². The number of nitrogens with one attached hydrogen (secondary N) is 2. The van der Waals surface area contributed by atoms with Crippen LogP contribution in [0.3, 0.4) is 0 Å². The molecule has 2 N–H and O–H groups in total. The van der Waals surface area contributed by atoms with Gasteiger partial charge in [-0.15, -0.1) is 0 Å². The van der Waals surface area contributed by atoms with E-state index in [1.54, 1.807) is 0 Å². The van der Waals surface area contributed by atoms with Crippen LogP contribution in [0.1, 0.15) is 45.4 Å². The summed E-state index contributed by atoms with van der Waals surface area (Å²) in [5.41, 5.74) is 0. The molecule has 0 aromatic carbocycles. The second-order valence-electron chi connectivity index (χ2n) is 5.48. The van der Waals surface area contributed by atoms with E-state index in [2.05, 4.69) is 17.6 Å². The van der Waals surface area contributed by atoms with E-state index in [0.29, 0.717) is 18.4 Å². The van der Waals surface area contributed by atoms with Gasteiger partial charge in [-0.05, 0) is 44.7 Å². The Morgan fingerprint density at radius 1 is 1.31 bits per heavy atom. The van der Waals surface area contributed by atoms with E-state index < -0.39 is 0 Å². The summed E-state index contributed by atoms with van der Waals surface area (Å²) in [6.45, 7) is 4.21. The minimum atomic E-state index is 0.254. The van der Waals surface area contributed by atoms with Crippen molar-refractivity contribution in [2.75, 3.05) is 13.1 Å². The van der Waals surface area contributed by atoms with Crippen LogP contribution in [0.2, 0.25) is 0 Å². The summed E-state index contributed by atoms with van der Waals surface area (Å²) in [4.78, 5) is 11.8. The number of carbonyl (C=O) groups excluding carboxylic acids is 1. The zero-order chi connectivity index (χ0) is 11.4. The van der Waals surface area contributed by atoms with Crippen LogP contribution in [0.5, 0.6) is 0 Å². The van der Waals surface area contributed by atoms with Crippen molar-refractivity contribution in [3.8, 4) is 0 Å². The molecule has 2 fully saturated rings. The standard InChI is InChI=1S/C13H24N2O/c1-10(12-5-3-2-4-6-12)15-13(16)7-11-8-14-9-11/h10-12,14H,2-9H2,1H3,(H,15,16)/t10-/m0/s1. The van der Waals surface area contributed by atoms with Gasteiger partial charge in [-0.2, -0.15) is 0 Å². The number of hydrogen-bond donors (Lipinski definition) is 2. The number of amides is 1. The van der Waals surface area contributed by atoms with Gasteiger partial charge in [0.25, 0.3) is 0 Å². The van der Waals surface area contributed by atoms with E-state index in [-0.39, 0.29) is 5.91 Å². The lowest BCUT2D eigenvalue weighted by molar-refractivity contribution is -0.123. The monoisotopic (exact) mass is 224 g/mol. The summed E-state index contributed by atoms with van der Waals surface area (Å²) < 4.78 is 0. The minimum absolute atomic E-state index is 0.254. The quantitative estimate of drug-likeness (QED) is 0.763. The van der Waals surface area contributed by atoms with Crippen LogP contribution in [-0.2, 0) is 4.79 Å². The fraction of sp³-hybridized carbons (Fsp3) is 0.923. The molecule has 0 radical (unpaired) electrons. The summed E-state index contributed by atoms with van der Waals surface area (Å²) in [5, 5.41) is 6.39. The van der Waals surface area contributed by atoms with E-state index in [1.165, 1.54) is 32.1 Å². The normalized spacial score (nSPS) is 24.8. The molecular weight excluding hydrogens is 200 g/mol. The summed E-state index contributed by atoms with van der Waals surface area (Å²) in [5.74, 6) is 1.56. The second kappa shape index (κ2) is 5.67. The first-order valence-electron chi connectivity index (χ1n) is 6.76. The van der Waals surface area contributed by atoms with Crippen molar-refractivity contribution < 1.29 is 4.79 Å². The Balaban J connectivity index is 1.68. The maximum atomic E-state index is 11.8. The topological polar surface area (TPSA) is 41.1 Å². The Kier molecular flexibility index (Phi) is 4.22. The van der Waals surface area contributed by atoms with Gasteiger partial charge >= 0.3 is 0 Å². The number of hydrogen-bond acceptors (Lipinski definition) is 2. The van der Waals surface area contributed by atoms with E-state index in [0.717, 1.165) is 19.0 Å². The first kappa shape index (κ1) is 11.9. The van der Waals surface area contributed by atoms with Gasteiger partial charge in [0, 0.05) is 12.5 Å². The molecule has 2 aliphatic rings. The van der Waals surface area contributed by atoms with Crippen molar-refractivity contribution in [2.24, 2.45) is 11.8 Å². The lowest BCUT2D eigenvalue weighted by Crippen LogP contribution is -2.46. The predicted molar refractivity (Wildman–Crippen MR) is 65.2 cm³/mol. The fourth-order valence-corrected chi connectivity index (χ4v) is 2.82. The maximum Gasteiger partial charge on any atom is 0.220 e. The highest BCUT2D eigenvalue weighted by Gasteiger charge is 2.24. The molecule has 1 atom stereocenters. The predicted octanol–water partition coefficient (Wildman–Crippen LogP) is 1.68. The van der Waals surface area contributed by atoms with Crippen LogP contribution in [-0.4, -0.2) is 25.0 Å². The molecule has 1 saturated carbocycles. The Bertz CT molecular complexity index is 232. The van der Waals surface area contributed by atoms with E-state index in [1.807, 2.05) is 0 Å². The van der Waals surface area contributed by atoms with Crippen molar-refractivity contribution in [1.82, 2.24) is 10.6 Å². The van der Waals surface area contributed by atoms with E-state index in [4.69, 9.17) is 0 Å². The van der Waals surface area contributed by atoms with Crippen molar-refractivity contribution in [1.29, 1.82) is 0 Å². The van der Waals surface area contributed by atoms with Gasteiger partial charge in [0.1, 0.15) is 0 Å². The molecule has 92 valence electrons. The molecule has 2 rings (SSSR count). The van der Waals surface area contributed by atoms with Crippen molar-refractivity contribution in [3.05, 3.63) is 0 Å². The summed E-state index contributed by atoms with van der Waals surface area (Å²) in [7, 11) is 0. The van der Waals surface area contributed by atoms with Crippen LogP contribution in [0.15, 0.2) is 0 Å². The molecule has 16 heavy (non-hydrogen) atoms. The molecular formula is C13H24N2O. The average Bonchev–Trinajstić information content (AvgIpc) is 2.25. The molecule has 0 aromatic heterocycles. The van der Waals surface area contributed by atoms with Gasteiger partial charge in [-0.1, -0.05) is 19.3 Å². The zero-order valence-electron chi connectivity index (χ0n) is 10.3. The summed E-state index contributed by atoms with van der Waals surface area (Å²) in [6, 6.07) is 0.376. The third-order valence-electron chi connectivity index (χ3n) is 4.09. The third-order valence-corrected chi connectivity index (χ3v) is 4.09. The molecule has 1 heterocycles. The highest BCUT2D eigenvalue weighted by atomic mass is 16.1. The van der Waals surface area contributed by atoms with Gasteiger partial charge in [-0.3, -0.25) is 4.79 Å². The summed E-state index contributed by atoms with van der Waals surface area (Å²) in [6.07, 6.45) is 7.38. The van der Waals surface area contributed by atoms with Gasteiger partial charge < -0.3 is 10.6 Å².